The van der Waals surface area contributed by atoms with Gasteiger partial charge in [0.25, 0.3) is 11.8 Å². The predicted molar refractivity (Wildman–Crippen MR) is 128 cm³/mol. The molecule has 1 aromatic heterocycles. The average molecular weight is 490 g/mol. The molecule has 1 N–H and O–H groups in total. The monoisotopic (exact) mass is 490 g/mol. The Morgan fingerprint density at radius 1 is 0.889 bits per heavy atom. The quantitative estimate of drug-likeness (QED) is 0.359. The summed E-state index contributed by atoms with van der Waals surface area (Å²) in [4.78, 5) is 27.4. The molecule has 0 aliphatic carbocycles. The minimum atomic E-state index is -4.43. The Hall–Kier alpha value is -4.33. The Kier molecular flexibility index (Phi) is 6.10. The first kappa shape index (κ1) is 23.4. The highest BCUT2D eigenvalue weighted by Gasteiger charge is 2.30. The van der Waals surface area contributed by atoms with Crippen LogP contribution in [0.4, 0.5) is 18.9 Å². The number of amides is 2. The molecule has 1 aliphatic heterocycles. The molecule has 36 heavy (non-hydrogen) atoms. The number of alkyl halides is 3. The molecule has 5 nitrogen and oxygen atoms in total. The van der Waals surface area contributed by atoms with E-state index in [0.29, 0.717) is 47.6 Å². The highest BCUT2D eigenvalue weighted by Crippen LogP contribution is 2.32. The van der Waals surface area contributed by atoms with Crippen molar-refractivity contribution in [3.05, 3.63) is 113 Å². The van der Waals surface area contributed by atoms with Crippen molar-refractivity contribution in [3.63, 3.8) is 0 Å². The molecule has 5 rings (SSSR count). The molecular formula is C28H21F3N2O3. The van der Waals surface area contributed by atoms with Gasteiger partial charge in [0.1, 0.15) is 0 Å². The Bertz CT molecular complexity index is 1410. The molecule has 0 unspecified atom stereocenters. The van der Waals surface area contributed by atoms with Gasteiger partial charge >= 0.3 is 6.18 Å². The zero-order chi connectivity index (χ0) is 25.3. The first-order valence-corrected chi connectivity index (χ1v) is 11.3. The van der Waals surface area contributed by atoms with Gasteiger partial charge in [-0.05, 0) is 71.1 Å². The predicted octanol–water partition coefficient (Wildman–Crippen LogP) is 6.42. The molecule has 0 saturated heterocycles. The minimum absolute atomic E-state index is 0.164. The number of anilines is 1. The van der Waals surface area contributed by atoms with Crippen LogP contribution in [0.5, 0.6) is 0 Å². The van der Waals surface area contributed by atoms with Gasteiger partial charge in [0.15, 0.2) is 5.76 Å². The second-order valence-electron chi connectivity index (χ2n) is 8.51. The molecule has 2 heterocycles. The highest BCUT2D eigenvalue weighted by atomic mass is 19.4. The van der Waals surface area contributed by atoms with Gasteiger partial charge in [-0.2, -0.15) is 13.2 Å². The molecule has 0 spiro atoms. The summed E-state index contributed by atoms with van der Waals surface area (Å²) in [6.45, 7) is 0.973. The van der Waals surface area contributed by atoms with Crippen molar-refractivity contribution in [2.24, 2.45) is 0 Å². The van der Waals surface area contributed by atoms with Gasteiger partial charge in [0.2, 0.25) is 0 Å². The zero-order valence-electron chi connectivity index (χ0n) is 19.0. The van der Waals surface area contributed by atoms with Crippen LogP contribution in [0.1, 0.15) is 37.6 Å². The van der Waals surface area contributed by atoms with Crippen molar-refractivity contribution in [3.8, 4) is 11.1 Å². The van der Waals surface area contributed by atoms with Crippen molar-refractivity contribution in [1.82, 2.24) is 4.90 Å². The summed E-state index contributed by atoms with van der Waals surface area (Å²) >= 11 is 0. The summed E-state index contributed by atoms with van der Waals surface area (Å²) in [6, 6.07) is 20.4. The number of carbonyl (C=O) groups is 2. The standard InChI is InChI=1S/C28H21F3N2O3/c29-28(30,31)21-10-7-18(8-11-21)23-4-1-2-5-24(23)26(34)32-22-12-9-20-17-33(14-13-19(20)16-22)27(35)25-6-3-15-36-25/h1-12,15-16H,13-14,17H2,(H,32,34). The number of rotatable bonds is 4. The number of nitrogens with one attached hydrogen (secondary N) is 1. The molecule has 0 atom stereocenters. The lowest BCUT2D eigenvalue weighted by atomic mass is 9.97. The van der Waals surface area contributed by atoms with E-state index in [-0.39, 0.29) is 11.8 Å². The molecule has 0 saturated carbocycles. The number of benzene rings is 3. The number of hydrogen-bond donors (Lipinski definition) is 1. The summed E-state index contributed by atoms with van der Waals surface area (Å²) < 4.78 is 44.0. The minimum Gasteiger partial charge on any atom is -0.459 e. The largest absolute Gasteiger partial charge is 0.459 e. The fraction of sp³-hybridized carbons (Fsp3) is 0.143. The van der Waals surface area contributed by atoms with E-state index in [9.17, 15) is 22.8 Å². The van der Waals surface area contributed by atoms with Crippen molar-refractivity contribution < 1.29 is 27.2 Å². The maximum atomic E-state index is 13.1. The molecule has 0 radical (unpaired) electrons. The van der Waals surface area contributed by atoms with Crippen molar-refractivity contribution in [1.29, 1.82) is 0 Å². The number of furan rings is 1. The Labute approximate surface area is 205 Å². The third kappa shape index (κ3) is 4.75. The third-order valence-corrected chi connectivity index (χ3v) is 6.19. The van der Waals surface area contributed by atoms with Gasteiger partial charge < -0.3 is 14.6 Å². The first-order valence-electron chi connectivity index (χ1n) is 11.3. The maximum absolute atomic E-state index is 13.1. The smallest absolute Gasteiger partial charge is 0.416 e. The van der Waals surface area contributed by atoms with Gasteiger partial charge in [-0.3, -0.25) is 9.59 Å². The normalized spacial score (nSPS) is 13.2. The molecule has 182 valence electrons. The molecule has 1 aliphatic rings. The van der Waals surface area contributed by atoms with E-state index in [1.807, 2.05) is 12.1 Å². The lowest BCUT2D eigenvalue weighted by molar-refractivity contribution is -0.137. The second-order valence-corrected chi connectivity index (χ2v) is 8.51. The van der Waals surface area contributed by atoms with Crippen LogP contribution in [0.2, 0.25) is 0 Å². The molecule has 3 aromatic carbocycles. The van der Waals surface area contributed by atoms with Crippen LogP contribution in [0.25, 0.3) is 11.1 Å². The second kappa shape index (κ2) is 9.37. The van der Waals surface area contributed by atoms with Gasteiger partial charge in [0.05, 0.1) is 11.8 Å². The lowest BCUT2D eigenvalue weighted by Gasteiger charge is -2.28. The van der Waals surface area contributed by atoms with Gasteiger partial charge in [0, 0.05) is 24.3 Å². The number of fused-ring (bicyclic) bond motifs is 1. The van der Waals surface area contributed by atoms with Crippen LogP contribution in [0, 0.1) is 0 Å². The van der Waals surface area contributed by atoms with Gasteiger partial charge in [-0.1, -0.05) is 36.4 Å². The van der Waals surface area contributed by atoms with Crippen LogP contribution < -0.4 is 5.32 Å². The van der Waals surface area contributed by atoms with Crippen LogP contribution in [-0.4, -0.2) is 23.3 Å². The van der Waals surface area contributed by atoms with Crippen molar-refractivity contribution in [2.45, 2.75) is 19.1 Å². The van der Waals surface area contributed by atoms with Crippen molar-refractivity contribution in [2.75, 3.05) is 11.9 Å². The van der Waals surface area contributed by atoms with Gasteiger partial charge in [-0.15, -0.1) is 0 Å². The van der Waals surface area contributed by atoms with E-state index in [2.05, 4.69) is 5.32 Å². The molecular weight excluding hydrogens is 469 g/mol. The number of halogens is 3. The van der Waals surface area contributed by atoms with E-state index in [4.69, 9.17) is 4.42 Å². The molecule has 0 bridgehead atoms. The summed E-state index contributed by atoms with van der Waals surface area (Å²) in [5, 5.41) is 2.90. The van der Waals surface area contributed by atoms with Crippen LogP contribution >= 0.6 is 0 Å². The fourth-order valence-electron chi connectivity index (χ4n) is 4.33. The molecule has 2 amide bonds. The summed E-state index contributed by atoms with van der Waals surface area (Å²) in [5.74, 6) is -0.229. The Morgan fingerprint density at radius 3 is 2.39 bits per heavy atom. The topological polar surface area (TPSA) is 62.6 Å². The first-order chi connectivity index (χ1) is 17.3. The van der Waals surface area contributed by atoms with Crippen LogP contribution in [0.15, 0.2) is 89.5 Å². The summed E-state index contributed by atoms with van der Waals surface area (Å²) in [7, 11) is 0. The van der Waals surface area contributed by atoms with Crippen LogP contribution in [-0.2, 0) is 19.1 Å². The maximum Gasteiger partial charge on any atom is 0.416 e. The van der Waals surface area contributed by atoms with E-state index >= 15 is 0 Å². The van der Waals surface area contributed by atoms with Crippen LogP contribution in [0.3, 0.4) is 0 Å². The number of nitrogens with zero attached hydrogens (tertiary/aromatic N) is 1. The molecule has 0 fully saturated rings. The third-order valence-electron chi connectivity index (χ3n) is 6.19. The average Bonchev–Trinajstić information content (AvgIpc) is 3.43. The Morgan fingerprint density at radius 2 is 1.67 bits per heavy atom. The van der Waals surface area contributed by atoms with E-state index in [1.165, 1.54) is 18.4 Å². The molecule has 8 heteroatoms. The Balaban J connectivity index is 1.32. The number of carbonyl (C=O) groups excluding carboxylic acids is 2. The summed E-state index contributed by atoms with van der Waals surface area (Å²) in [6.07, 6.45) is -2.33. The fourth-order valence-corrected chi connectivity index (χ4v) is 4.33. The van der Waals surface area contributed by atoms with Crippen molar-refractivity contribution >= 4 is 17.5 Å². The highest BCUT2D eigenvalue weighted by molar-refractivity contribution is 6.08. The van der Waals surface area contributed by atoms with Gasteiger partial charge in [-0.25, -0.2) is 0 Å². The number of hydrogen-bond acceptors (Lipinski definition) is 3. The van der Waals surface area contributed by atoms with E-state index in [1.54, 1.807) is 47.4 Å². The summed E-state index contributed by atoms with van der Waals surface area (Å²) in [5.41, 5.74) is 3.29. The van der Waals surface area contributed by atoms with E-state index < -0.39 is 11.7 Å². The van der Waals surface area contributed by atoms with E-state index in [0.717, 1.165) is 23.3 Å². The lowest BCUT2D eigenvalue weighted by Crippen LogP contribution is -2.35. The zero-order valence-corrected chi connectivity index (χ0v) is 19.0. The molecule has 4 aromatic rings. The SMILES string of the molecule is O=C(Nc1ccc2c(c1)CCN(C(=O)c1ccco1)C2)c1ccccc1-c1ccc(C(F)(F)F)cc1.